The molecule has 0 aliphatic carbocycles. The normalized spacial score (nSPS) is 10.4. The topological polar surface area (TPSA) is 81.0 Å². The second-order valence-corrected chi connectivity index (χ2v) is 5.12. The third-order valence-corrected chi connectivity index (χ3v) is 3.61. The Hall–Kier alpha value is -2.02. The van der Waals surface area contributed by atoms with Crippen molar-refractivity contribution in [1.29, 1.82) is 0 Å². The van der Waals surface area contributed by atoms with E-state index in [2.05, 4.69) is 15.3 Å². The Bertz CT molecular complexity index is 597. The highest BCUT2D eigenvalue weighted by Crippen LogP contribution is 2.19. The smallest absolute Gasteiger partial charge is 0.277 e. The zero-order valence-electron chi connectivity index (χ0n) is 10.7. The molecule has 0 aromatic carbocycles. The van der Waals surface area contributed by atoms with Crippen LogP contribution in [0.5, 0.6) is 0 Å². The molecule has 0 spiro atoms. The van der Waals surface area contributed by atoms with Gasteiger partial charge in [0, 0.05) is 35.8 Å². The van der Waals surface area contributed by atoms with Crippen LogP contribution in [0.15, 0.2) is 17.6 Å². The number of anilines is 1. The van der Waals surface area contributed by atoms with E-state index in [1.807, 2.05) is 12.3 Å². The van der Waals surface area contributed by atoms with Gasteiger partial charge in [0.25, 0.3) is 5.69 Å². The van der Waals surface area contributed by atoms with E-state index in [0.29, 0.717) is 17.9 Å². The monoisotopic (exact) mass is 278 g/mol. The van der Waals surface area contributed by atoms with Gasteiger partial charge in [-0.3, -0.25) is 10.1 Å². The molecule has 0 atom stereocenters. The first-order valence-corrected chi connectivity index (χ1v) is 6.70. The Morgan fingerprint density at radius 3 is 2.89 bits per heavy atom. The van der Waals surface area contributed by atoms with Gasteiger partial charge < -0.3 is 5.32 Å². The zero-order chi connectivity index (χ0) is 13.8. The number of pyridine rings is 1. The second-order valence-electron chi connectivity index (χ2n) is 4.17. The molecule has 0 amide bonds. The van der Waals surface area contributed by atoms with Gasteiger partial charge in [0.15, 0.2) is 0 Å². The predicted molar refractivity (Wildman–Crippen MR) is 74.7 cm³/mol. The van der Waals surface area contributed by atoms with E-state index >= 15 is 0 Å². The molecule has 0 saturated carbocycles. The minimum absolute atomic E-state index is 0.0857. The maximum absolute atomic E-state index is 10.8. The highest BCUT2D eigenvalue weighted by atomic mass is 32.1. The average Bonchev–Trinajstić information content (AvgIpc) is 2.77. The van der Waals surface area contributed by atoms with E-state index in [1.54, 1.807) is 18.3 Å². The summed E-state index contributed by atoms with van der Waals surface area (Å²) >= 11 is 1.62. The summed E-state index contributed by atoms with van der Waals surface area (Å²) in [6.07, 6.45) is 2.29. The molecular formula is C12H14N4O2S. The third-order valence-electron chi connectivity index (χ3n) is 2.58. The third kappa shape index (κ3) is 3.47. The molecule has 0 radical (unpaired) electrons. The van der Waals surface area contributed by atoms with Gasteiger partial charge in [-0.1, -0.05) is 0 Å². The SMILES string of the molecule is Cc1csc(CCNc2cc([N+](=O)[O-])c(C)cn2)n1. The molecule has 2 aromatic rings. The summed E-state index contributed by atoms with van der Waals surface area (Å²) in [5.74, 6) is 0.519. The fraction of sp³-hybridized carbons (Fsp3) is 0.333. The van der Waals surface area contributed by atoms with Gasteiger partial charge in [-0.2, -0.15) is 0 Å². The molecule has 19 heavy (non-hydrogen) atoms. The molecule has 0 aliphatic rings. The molecule has 7 heteroatoms. The van der Waals surface area contributed by atoms with Crippen LogP contribution in [0.1, 0.15) is 16.3 Å². The van der Waals surface area contributed by atoms with Crippen molar-refractivity contribution in [3.05, 3.63) is 44.0 Å². The standard InChI is InChI=1S/C12H14N4O2S/c1-8-6-14-11(5-10(8)16(17)18)13-4-3-12-15-9(2)7-19-12/h5-7H,3-4H2,1-2H3,(H,13,14). The lowest BCUT2D eigenvalue weighted by molar-refractivity contribution is -0.385. The molecule has 1 N–H and O–H groups in total. The van der Waals surface area contributed by atoms with Crippen LogP contribution in [-0.4, -0.2) is 21.4 Å². The van der Waals surface area contributed by atoms with Gasteiger partial charge in [0.05, 0.1) is 16.0 Å². The van der Waals surface area contributed by atoms with Crippen molar-refractivity contribution in [3.63, 3.8) is 0 Å². The number of nitrogens with zero attached hydrogens (tertiary/aromatic N) is 3. The summed E-state index contributed by atoms with van der Waals surface area (Å²) in [5, 5.41) is 16.9. The Balaban J connectivity index is 1.96. The van der Waals surface area contributed by atoms with E-state index in [9.17, 15) is 10.1 Å². The molecule has 2 heterocycles. The Labute approximate surface area is 114 Å². The highest BCUT2D eigenvalue weighted by molar-refractivity contribution is 7.09. The fourth-order valence-corrected chi connectivity index (χ4v) is 2.40. The van der Waals surface area contributed by atoms with Crippen LogP contribution in [0.4, 0.5) is 11.5 Å². The molecule has 100 valence electrons. The molecule has 0 saturated heterocycles. The number of nitro groups is 1. The van der Waals surface area contributed by atoms with Crippen molar-refractivity contribution in [3.8, 4) is 0 Å². The minimum Gasteiger partial charge on any atom is -0.369 e. The molecule has 0 fully saturated rings. The quantitative estimate of drug-likeness (QED) is 0.671. The lowest BCUT2D eigenvalue weighted by Crippen LogP contribution is -2.07. The van der Waals surface area contributed by atoms with Gasteiger partial charge in [-0.05, 0) is 13.8 Å². The summed E-state index contributed by atoms with van der Waals surface area (Å²) < 4.78 is 0. The molecule has 6 nitrogen and oxygen atoms in total. The summed E-state index contributed by atoms with van der Waals surface area (Å²) in [4.78, 5) is 18.9. The van der Waals surface area contributed by atoms with Gasteiger partial charge in [-0.25, -0.2) is 9.97 Å². The summed E-state index contributed by atoms with van der Waals surface area (Å²) in [5.41, 5.74) is 1.66. The summed E-state index contributed by atoms with van der Waals surface area (Å²) in [6, 6.07) is 1.46. The molecule has 0 unspecified atom stereocenters. The van der Waals surface area contributed by atoms with Crippen LogP contribution >= 0.6 is 11.3 Å². The van der Waals surface area contributed by atoms with E-state index in [0.717, 1.165) is 17.1 Å². The van der Waals surface area contributed by atoms with Gasteiger partial charge in [-0.15, -0.1) is 11.3 Å². The fourth-order valence-electron chi connectivity index (χ4n) is 1.62. The van der Waals surface area contributed by atoms with E-state index in [-0.39, 0.29) is 5.69 Å². The van der Waals surface area contributed by atoms with Gasteiger partial charge >= 0.3 is 0 Å². The zero-order valence-corrected chi connectivity index (χ0v) is 11.5. The Kier molecular flexibility index (Phi) is 4.06. The largest absolute Gasteiger partial charge is 0.369 e. The van der Waals surface area contributed by atoms with E-state index in [4.69, 9.17) is 0 Å². The second kappa shape index (κ2) is 5.75. The number of aromatic nitrogens is 2. The molecule has 2 aromatic heterocycles. The number of thiazole rings is 1. The maximum Gasteiger partial charge on any atom is 0.277 e. The predicted octanol–water partition coefficient (Wildman–Crippen LogP) is 2.72. The van der Waals surface area contributed by atoms with Crippen LogP contribution in [-0.2, 0) is 6.42 Å². The van der Waals surface area contributed by atoms with E-state index in [1.165, 1.54) is 12.3 Å². The van der Waals surface area contributed by atoms with Crippen molar-refractivity contribution in [2.75, 3.05) is 11.9 Å². The van der Waals surface area contributed by atoms with Crippen LogP contribution in [0.3, 0.4) is 0 Å². The van der Waals surface area contributed by atoms with Crippen molar-refractivity contribution in [1.82, 2.24) is 9.97 Å². The first-order valence-electron chi connectivity index (χ1n) is 5.82. The number of hydrogen-bond acceptors (Lipinski definition) is 6. The minimum atomic E-state index is -0.396. The number of nitrogens with one attached hydrogen (secondary N) is 1. The van der Waals surface area contributed by atoms with Crippen molar-refractivity contribution < 1.29 is 4.92 Å². The van der Waals surface area contributed by atoms with Crippen LogP contribution < -0.4 is 5.32 Å². The molecular weight excluding hydrogens is 264 g/mol. The Morgan fingerprint density at radius 1 is 1.47 bits per heavy atom. The molecule has 0 bridgehead atoms. The number of rotatable bonds is 5. The van der Waals surface area contributed by atoms with E-state index < -0.39 is 4.92 Å². The van der Waals surface area contributed by atoms with Crippen LogP contribution in [0.2, 0.25) is 0 Å². The lowest BCUT2D eigenvalue weighted by atomic mass is 10.2. The van der Waals surface area contributed by atoms with Crippen LogP contribution in [0.25, 0.3) is 0 Å². The van der Waals surface area contributed by atoms with Crippen molar-refractivity contribution in [2.45, 2.75) is 20.3 Å². The van der Waals surface area contributed by atoms with Crippen molar-refractivity contribution in [2.24, 2.45) is 0 Å². The number of aryl methyl sites for hydroxylation is 2. The van der Waals surface area contributed by atoms with Crippen molar-refractivity contribution >= 4 is 22.8 Å². The molecule has 0 aliphatic heterocycles. The van der Waals surface area contributed by atoms with Gasteiger partial charge in [0.1, 0.15) is 5.82 Å². The summed E-state index contributed by atoms with van der Waals surface area (Å²) in [6.45, 7) is 4.28. The molecule has 2 rings (SSSR count). The number of hydrogen-bond donors (Lipinski definition) is 1. The first kappa shape index (κ1) is 13.4. The maximum atomic E-state index is 10.8. The highest BCUT2D eigenvalue weighted by Gasteiger charge is 2.11. The van der Waals surface area contributed by atoms with Gasteiger partial charge in [0.2, 0.25) is 0 Å². The average molecular weight is 278 g/mol. The Morgan fingerprint density at radius 2 is 2.26 bits per heavy atom. The first-order chi connectivity index (χ1) is 9.06. The summed E-state index contributed by atoms with van der Waals surface area (Å²) in [7, 11) is 0. The van der Waals surface area contributed by atoms with Crippen LogP contribution in [0, 0.1) is 24.0 Å². The lowest BCUT2D eigenvalue weighted by Gasteiger charge is -2.05.